The van der Waals surface area contributed by atoms with E-state index in [-0.39, 0.29) is 11.5 Å². The lowest BCUT2D eigenvalue weighted by Crippen LogP contribution is -2.33. The molecule has 0 fully saturated rings. The summed E-state index contributed by atoms with van der Waals surface area (Å²) in [6, 6.07) is 10.0. The molecule has 0 saturated carbocycles. The molecule has 0 saturated heterocycles. The summed E-state index contributed by atoms with van der Waals surface area (Å²) in [5.41, 5.74) is 6.77. The molecule has 0 amide bonds. The van der Waals surface area contributed by atoms with Gasteiger partial charge >= 0.3 is 0 Å². The van der Waals surface area contributed by atoms with Crippen LogP contribution in [0, 0.1) is 0 Å². The van der Waals surface area contributed by atoms with Gasteiger partial charge in [-0.15, -0.1) is 0 Å². The largest absolute Gasteiger partial charge is 0.329 e. The Labute approximate surface area is 116 Å². The number of nitrogens with zero attached hydrogens (tertiary/aromatic N) is 1. The summed E-state index contributed by atoms with van der Waals surface area (Å²) in [6.07, 6.45) is 0.678. The monoisotopic (exact) mass is 284 g/mol. The highest BCUT2D eigenvalue weighted by atomic mass is 32.2. The van der Waals surface area contributed by atoms with Crippen molar-refractivity contribution in [3.63, 3.8) is 0 Å². The van der Waals surface area contributed by atoms with Crippen molar-refractivity contribution in [3.05, 3.63) is 35.9 Å². The van der Waals surface area contributed by atoms with Gasteiger partial charge in [0.25, 0.3) is 0 Å². The SMILES string of the molecule is CCCS(=O)(=O)CCN(CCN)Cc1ccccc1. The normalized spacial score (nSPS) is 11.9. The first-order valence-corrected chi connectivity index (χ1v) is 8.56. The molecule has 0 aliphatic heterocycles. The van der Waals surface area contributed by atoms with E-state index in [1.165, 1.54) is 5.56 Å². The molecule has 1 aromatic rings. The molecule has 1 rings (SSSR count). The van der Waals surface area contributed by atoms with Gasteiger partial charge in [-0.1, -0.05) is 37.3 Å². The summed E-state index contributed by atoms with van der Waals surface area (Å²) >= 11 is 0. The number of hydrogen-bond donors (Lipinski definition) is 1. The fourth-order valence-electron chi connectivity index (χ4n) is 1.98. The van der Waals surface area contributed by atoms with Gasteiger partial charge in [0.1, 0.15) is 0 Å². The van der Waals surface area contributed by atoms with Gasteiger partial charge in [0.05, 0.1) is 5.75 Å². The number of rotatable bonds is 9. The van der Waals surface area contributed by atoms with Crippen molar-refractivity contribution in [3.8, 4) is 0 Å². The van der Waals surface area contributed by atoms with Crippen LogP contribution in [0.4, 0.5) is 0 Å². The van der Waals surface area contributed by atoms with Crippen LogP contribution in [-0.4, -0.2) is 44.5 Å². The average Bonchev–Trinajstić information content (AvgIpc) is 2.37. The van der Waals surface area contributed by atoms with Crippen LogP contribution in [0.15, 0.2) is 30.3 Å². The molecule has 0 unspecified atom stereocenters. The number of benzene rings is 1. The highest BCUT2D eigenvalue weighted by Crippen LogP contribution is 2.05. The lowest BCUT2D eigenvalue weighted by Gasteiger charge is -2.21. The Bertz CT molecular complexity index is 446. The molecule has 19 heavy (non-hydrogen) atoms. The smallest absolute Gasteiger partial charge is 0.151 e. The van der Waals surface area contributed by atoms with Crippen molar-refractivity contribution in [1.29, 1.82) is 0 Å². The predicted molar refractivity (Wildman–Crippen MR) is 79.7 cm³/mol. The number of sulfone groups is 1. The molecule has 0 spiro atoms. The second-order valence-corrected chi connectivity index (χ2v) is 7.01. The van der Waals surface area contributed by atoms with Crippen molar-refractivity contribution < 1.29 is 8.42 Å². The maximum absolute atomic E-state index is 11.7. The van der Waals surface area contributed by atoms with E-state index >= 15 is 0 Å². The molecule has 0 aromatic heterocycles. The van der Waals surface area contributed by atoms with E-state index < -0.39 is 9.84 Å². The van der Waals surface area contributed by atoms with Gasteiger partial charge in [-0.3, -0.25) is 4.90 Å². The summed E-state index contributed by atoms with van der Waals surface area (Å²) in [5.74, 6) is 0.489. The minimum atomic E-state index is -2.92. The minimum Gasteiger partial charge on any atom is -0.329 e. The van der Waals surface area contributed by atoms with Crippen LogP contribution in [0.25, 0.3) is 0 Å². The lowest BCUT2D eigenvalue weighted by molar-refractivity contribution is 0.289. The number of nitrogens with two attached hydrogens (primary N) is 1. The molecule has 0 radical (unpaired) electrons. The van der Waals surface area contributed by atoms with Gasteiger partial charge in [-0.25, -0.2) is 8.42 Å². The van der Waals surface area contributed by atoms with Crippen molar-refractivity contribution in [2.75, 3.05) is 31.1 Å². The molecule has 108 valence electrons. The molecule has 0 heterocycles. The summed E-state index contributed by atoms with van der Waals surface area (Å²) in [6.45, 7) is 4.45. The first-order valence-electron chi connectivity index (χ1n) is 6.74. The van der Waals surface area contributed by atoms with Crippen molar-refractivity contribution >= 4 is 9.84 Å². The molecular formula is C14H24N2O2S. The van der Waals surface area contributed by atoms with Gasteiger partial charge in [0.15, 0.2) is 9.84 Å². The second-order valence-electron chi connectivity index (χ2n) is 4.70. The quantitative estimate of drug-likeness (QED) is 0.742. The van der Waals surface area contributed by atoms with Crippen LogP contribution in [0.1, 0.15) is 18.9 Å². The van der Waals surface area contributed by atoms with E-state index in [1.54, 1.807) is 0 Å². The van der Waals surface area contributed by atoms with Crippen molar-refractivity contribution in [1.82, 2.24) is 4.90 Å². The highest BCUT2D eigenvalue weighted by molar-refractivity contribution is 7.91. The predicted octanol–water partition coefficient (Wildman–Crippen LogP) is 1.27. The van der Waals surface area contributed by atoms with E-state index in [0.29, 0.717) is 19.5 Å². The zero-order chi connectivity index (χ0) is 14.1. The van der Waals surface area contributed by atoms with Crippen molar-refractivity contribution in [2.24, 2.45) is 5.73 Å². The Balaban J connectivity index is 2.54. The average molecular weight is 284 g/mol. The van der Waals surface area contributed by atoms with Crippen LogP contribution in [0.2, 0.25) is 0 Å². The Hall–Kier alpha value is -0.910. The van der Waals surface area contributed by atoms with Crippen molar-refractivity contribution in [2.45, 2.75) is 19.9 Å². The first-order chi connectivity index (χ1) is 9.07. The summed E-state index contributed by atoms with van der Waals surface area (Å²) in [5, 5.41) is 0. The fourth-order valence-corrected chi connectivity index (χ4v) is 3.34. The van der Waals surface area contributed by atoms with Gasteiger partial charge in [-0.2, -0.15) is 0 Å². The molecule has 0 atom stereocenters. The highest BCUT2D eigenvalue weighted by Gasteiger charge is 2.12. The van der Waals surface area contributed by atoms with Gasteiger partial charge in [-0.05, 0) is 12.0 Å². The molecule has 4 nitrogen and oxygen atoms in total. The van der Waals surface area contributed by atoms with Crippen LogP contribution >= 0.6 is 0 Å². The minimum absolute atomic E-state index is 0.216. The third-order valence-electron chi connectivity index (χ3n) is 2.93. The number of hydrogen-bond acceptors (Lipinski definition) is 4. The van der Waals surface area contributed by atoms with Gasteiger partial charge in [0, 0.05) is 31.9 Å². The molecular weight excluding hydrogens is 260 g/mol. The molecule has 0 aliphatic rings. The Morgan fingerprint density at radius 2 is 1.79 bits per heavy atom. The van der Waals surface area contributed by atoms with E-state index in [2.05, 4.69) is 4.90 Å². The fraction of sp³-hybridized carbons (Fsp3) is 0.571. The summed E-state index contributed by atoms with van der Waals surface area (Å²) < 4.78 is 23.5. The van der Waals surface area contributed by atoms with Gasteiger partial charge < -0.3 is 5.73 Å². The maximum Gasteiger partial charge on any atom is 0.151 e. The van der Waals surface area contributed by atoms with E-state index in [0.717, 1.165) is 13.1 Å². The standard InChI is InChI=1S/C14H24N2O2S/c1-2-11-19(17,18)12-10-16(9-8-15)13-14-6-4-3-5-7-14/h3-7H,2,8-13,15H2,1H3. The third kappa shape index (κ3) is 6.71. The molecule has 0 aliphatic carbocycles. The Morgan fingerprint density at radius 1 is 1.11 bits per heavy atom. The van der Waals surface area contributed by atoms with E-state index in [4.69, 9.17) is 5.73 Å². The third-order valence-corrected chi connectivity index (χ3v) is 4.76. The molecule has 1 aromatic carbocycles. The Morgan fingerprint density at radius 3 is 2.37 bits per heavy atom. The molecule has 2 N–H and O–H groups in total. The molecule has 0 bridgehead atoms. The summed E-state index contributed by atoms with van der Waals surface area (Å²) in [4.78, 5) is 2.10. The van der Waals surface area contributed by atoms with E-state index in [1.807, 2.05) is 37.3 Å². The van der Waals surface area contributed by atoms with Crippen LogP contribution in [0.5, 0.6) is 0 Å². The topological polar surface area (TPSA) is 63.4 Å². The maximum atomic E-state index is 11.7. The zero-order valence-corrected chi connectivity index (χ0v) is 12.4. The molecule has 5 heteroatoms. The first kappa shape index (κ1) is 16.1. The van der Waals surface area contributed by atoms with Crippen LogP contribution in [0.3, 0.4) is 0 Å². The van der Waals surface area contributed by atoms with Crippen LogP contribution in [-0.2, 0) is 16.4 Å². The second kappa shape index (κ2) is 8.30. The van der Waals surface area contributed by atoms with Gasteiger partial charge in [0.2, 0.25) is 0 Å². The summed E-state index contributed by atoms with van der Waals surface area (Å²) in [7, 11) is -2.92. The Kier molecular flexibility index (Phi) is 7.05. The van der Waals surface area contributed by atoms with Crippen LogP contribution < -0.4 is 5.73 Å². The van der Waals surface area contributed by atoms with E-state index in [9.17, 15) is 8.42 Å². The lowest BCUT2D eigenvalue weighted by atomic mass is 10.2. The zero-order valence-electron chi connectivity index (χ0n) is 11.6.